The lowest BCUT2D eigenvalue weighted by Gasteiger charge is -2.16. The number of nitrogens with two attached hydrogens (primary N) is 1. The Bertz CT molecular complexity index is 1130. The summed E-state index contributed by atoms with van der Waals surface area (Å²) in [6.45, 7) is 3.31. The Balaban J connectivity index is 2.09. The van der Waals surface area contributed by atoms with Crippen molar-refractivity contribution in [3.05, 3.63) is 58.0 Å². The number of carbonyl (C=O) groups is 1. The first-order valence-corrected chi connectivity index (χ1v) is 10.8. The summed E-state index contributed by atoms with van der Waals surface area (Å²) in [6, 6.07) is 9.22. The van der Waals surface area contributed by atoms with Crippen molar-refractivity contribution in [2.75, 3.05) is 24.9 Å². The molecule has 2 rings (SSSR count). The van der Waals surface area contributed by atoms with Crippen LogP contribution in [-0.4, -0.2) is 50.1 Å². The predicted molar refractivity (Wildman–Crippen MR) is 116 cm³/mol. The Labute approximate surface area is 180 Å². The largest absolute Gasteiger partial charge is 0.368 e. The summed E-state index contributed by atoms with van der Waals surface area (Å²) in [5, 5.41) is 10.8. The van der Waals surface area contributed by atoms with Crippen molar-refractivity contribution < 1.29 is 18.0 Å². The fourth-order valence-electron chi connectivity index (χ4n) is 2.57. The molecular weight excluding hydrogens is 424 g/mol. The third kappa shape index (κ3) is 6.55. The first-order valence-electron chi connectivity index (χ1n) is 9.28. The Morgan fingerprint density at radius 2 is 1.97 bits per heavy atom. The van der Waals surface area contributed by atoms with Crippen molar-refractivity contribution in [1.82, 2.24) is 14.9 Å². The molecule has 31 heavy (non-hydrogen) atoms. The molecule has 0 radical (unpaired) electrons. The van der Waals surface area contributed by atoms with Crippen LogP contribution in [0, 0.1) is 19.3 Å². The van der Waals surface area contributed by atoms with E-state index in [1.807, 2.05) is 0 Å². The summed E-state index contributed by atoms with van der Waals surface area (Å²) < 4.78 is 28.7. The normalized spacial score (nSPS) is 11.1. The molecular formula is C19H26N6O5S. The molecule has 1 heterocycles. The van der Waals surface area contributed by atoms with Crippen molar-refractivity contribution >= 4 is 27.6 Å². The van der Waals surface area contributed by atoms with E-state index in [1.165, 1.54) is 29.8 Å². The predicted octanol–water partition coefficient (Wildman–Crippen LogP) is 0.139. The van der Waals surface area contributed by atoms with Crippen LogP contribution < -0.4 is 21.3 Å². The van der Waals surface area contributed by atoms with Crippen molar-refractivity contribution in [3.8, 4) is 0 Å². The number of benzene rings is 1. The molecule has 5 N–H and O–H groups in total. The van der Waals surface area contributed by atoms with Gasteiger partial charge >= 0.3 is 0 Å². The van der Waals surface area contributed by atoms with E-state index in [1.54, 1.807) is 32.0 Å². The number of guanidine groups is 1. The number of amides is 1. The lowest BCUT2D eigenvalue weighted by molar-refractivity contribution is -0.123. The summed E-state index contributed by atoms with van der Waals surface area (Å²) in [5.74, 6) is -0.739. The van der Waals surface area contributed by atoms with Gasteiger partial charge in [-0.15, -0.1) is 0 Å². The number of carbonyl (C=O) groups excluding carboxylic acids is 1. The first kappa shape index (κ1) is 23.9. The Morgan fingerprint density at radius 1 is 1.26 bits per heavy atom. The number of aromatic nitrogens is 1. The summed E-state index contributed by atoms with van der Waals surface area (Å²) in [4.78, 5) is 30.1. The number of hydrogen-bond acceptors (Lipinski definition) is 6. The molecule has 0 spiro atoms. The van der Waals surface area contributed by atoms with Gasteiger partial charge in [-0.05, 0) is 43.7 Å². The molecule has 0 saturated heterocycles. The van der Waals surface area contributed by atoms with E-state index in [-0.39, 0.29) is 36.2 Å². The molecule has 2 aromatic rings. The zero-order valence-electron chi connectivity index (χ0n) is 17.5. The molecule has 168 valence electrons. The third-order valence-electron chi connectivity index (χ3n) is 4.29. The second-order valence-electron chi connectivity index (χ2n) is 6.77. The van der Waals surface area contributed by atoms with Gasteiger partial charge in [0.05, 0.1) is 11.5 Å². The fourth-order valence-corrected chi connectivity index (χ4v) is 3.73. The molecule has 1 aromatic carbocycles. The number of aryl methyl sites for hydroxylation is 2. The van der Waals surface area contributed by atoms with Gasteiger partial charge in [-0.1, -0.05) is 12.1 Å². The summed E-state index contributed by atoms with van der Waals surface area (Å²) in [5.41, 5.74) is 5.68. The van der Waals surface area contributed by atoms with Gasteiger partial charge in [0.25, 0.3) is 15.6 Å². The Morgan fingerprint density at radius 3 is 2.61 bits per heavy atom. The highest BCUT2D eigenvalue weighted by Gasteiger charge is 2.18. The number of rotatable bonds is 9. The van der Waals surface area contributed by atoms with E-state index in [9.17, 15) is 18.0 Å². The number of nitrogens with zero attached hydrogens (tertiary/aromatic N) is 2. The lowest BCUT2D eigenvalue weighted by Crippen LogP contribution is -2.38. The topological polar surface area (TPSA) is 160 Å². The summed E-state index contributed by atoms with van der Waals surface area (Å²) in [7, 11) is -2.51. The van der Waals surface area contributed by atoms with Gasteiger partial charge < -0.3 is 15.6 Å². The number of hydrogen-bond donors (Lipinski definition) is 4. The van der Waals surface area contributed by atoms with Gasteiger partial charge in [0.2, 0.25) is 11.9 Å². The lowest BCUT2D eigenvalue weighted by atomic mass is 10.2. The van der Waals surface area contributed by atoms with Crippen molar-refractivity contribution in [2.24, 2.45) is 5.73 Å². The Kier molecular flexibility index (Phi) is 7.78. The van der Waals surface area contributed by atoms with E-state index < -0.39 is 21.5 Å². The SMILES string of the molecule is Cc1cccc(S(=O)(=O)Nc2ccc(C)n(CC(=O)NCCON(C)C(=N)N)c2=O)c1. The Hall–Kier alpha value is -3.38. The molecule has 0 fully saturated rings. The van der Waals surface area contributed by atoms with Crippen LogP contribution in [0.1, 0.15) is 11.3 Å². The van der Waals surface area contributed by atoms with Crippen LogP contribution in [0.15, 0.2) is 46.1 Å². The number of pyridine rings is 1. The van der Waals surface area contributed by atoms with Crippen molar-refractivity contribution in [1.29, 1.82) is 5.41 Å². The molecule has 0 saturated carbocycles. The molecule has 0 atom stereocenters. The maximum atomic E-state index is 12.8. The van der Waals surface area contributed by atoms with Gasteiger partial charge in [-0.25, -0.2) is 13.5 Å². The standard InChI is InChI=1S/C19H26N6O5S/c1-13-5-4-6-15(11-13)31(28,29)23-16-8-7-14(2)25(18(16)27)12-17(26)22-9-10-30-24(3)19(20)21/h4-8,11,23H,9-10,12H2,1-3H3,(H3,20,21)(H,22,26). The third-order valence-corrected chi connectivity index (χ3v) is 5.65. The van der Waals surface area contributed by atoms with E-state index >= 15 is 0 Å². The number of sulfonamides is 1. The average Bonchev–Trinajstić information content (AvgIpc) is 2.70. The van der Waals surface area contributed by atoms with Crippen molar-refractivity contribution in [2.45, 2.75) is 25.3 Å². The second-order valence-corrected chi connectivity index (χ2v) is 8.45. The van der Waals surface area contributed by atoms with Crippen LogP contribution in [0.5, 0.6) is 0 Å². The highest BCUT2D eigenvalue weighted by Crippen LogP contribution is 2.15. The maximum Gasteiger partial charge on any atom is 0.275 e. The first-order chi connectivity index (χ1) is 14.5. The highest BCUT2D eigenvalue weighted by atomic mass is 32.2. The van der Waals surface area contributed by atoms with E-state index in [0.29, 0.717) is 5.69 Å². The quantitative estimate of drug-likeness (QED) is 0.183. The zero-order chi connectivity index (χ0) is 23.2. The van der Waals surface area contributed by atoms with Gasteiger partial charge in [0.1, 0.15) is 12.2 Å². The molecule has 0 aliphatic carbocycles. The van der Waals surface area contributed by atoms with Crippen LogP contribution in [-0.2, 0) is 26.2 Å². The van der Waals surface area contributed by atoms with Gasteiger partial charge in [-0.2, -0.15) is 0 Å². The fraction of sp³-hybridized carbons (Fsp3) is 0.316. The molecule has 12 heteroatoms. The number of anilines is 1. The minimum absolute atomic E-state index is 0.0345. The zero-order valence-corrected chi connectivity index (χ0v) is 18.3. The molecule has 0 unspecified atom stereocenters. The monoisotopic (exact) mass is 450 g/mol. The van der Waals surface area contributed by atoms with Gasteiger partial charge in [0, 0.05) is 19.3 Å². The summed E-state index contributed by atoms with van der Waals surface area (Å²) in [6.07, 6.45) is 0. The van der Waals surface area contributed by atoms with Crippen LogP contribution >= 0.6 is 0 Å². The van der Waals surface area contributed by atoms with Crippen LogP contribution in [0.3, 0.4) is 0 Å². The van der Waals surface area contributed by atoms with Crippen molar-refractivity contribution in [3.63, 3.8) is 0 Å². The van der Waals surface area contributed by atoms with E-state index in [0.717, 1.165) is 10.6 Å². The molecule has 1 aromatic heterocycles. The van der Waals surface area contributed by atoms with Crippen LogP contribution in [0.2, 0.25) is 0 Å². The molecule has 11 nitrogen and oxygen atoms in total. The molecule has 0 aliphatic rings. The summed E-state index contributed by atoms with van der Waals surface area (Å²) >= 11 is 0. The van der Waals surface area contributed by atoms with Crippen LogP contribution in [0.25, 0.3) is 0 Å². The molecule has 0 aliphatic heterocycles. The average molecular weight is 451 g/mol. The van der Waals surface area contributed by atoms with E-state index in [2.05, 4.69) is 10.0 Å². The molecule has 0 bridgehead atoms. The second kappa shape index (κ2) is 10.1. The molecule has 1 amide bonds. The smallest absolute Gasteiger partial charge is 0.275 e. The highest BCUT2D eigenvalue weighted by molar-refractivity contribution is 7.92. The number of nitrogens with one attached hydrogen (secondary N) is 3. The van der Waals surface area contributed by atoms with Gasteiger partial charge in [0.15, 0.2) is 0 Å². The minimum Gasteiger partial charge on any atom is -0.368 e. The maximum absolute atomic E-state index is 12.8. The van der Waals surface area contributed by atoms with Crippen LogP contribution in [0.4, 0.5) is 5.69 Å². The van der Waals surface area contributed by atoms with E-state index in [4.69, 9.17) is 16.0 Å². The van der Waals surface area contributed by atoms with Gasteiger partial charge in [-0.3, -0.25) is 24.6 Å². The minimum atomic E-state index is -3.96. The number of hydroxylamine groups is 2.